The molecule has 8 nitrogen and oxygen atoms in total. The Morgan fingerprint density at radius 2 is 0.777 bits per heavy atom. The molecule has 20 aromatic rings. The third-order valence-corrected chi connectivity index (χ3v) is 19.1. The molecular formula is C86H50N6O2. The van der Waals surface area contributed by atoms with Crippen molar-refractivity contribution in [1.82, 2.24) is 18.3 Å². The fraction of sp³-hybridized carbons (Fsp3) is 0. The van der Waals surface area contributed by atoms with E-state index < -0.39 is 0 Å². The Hall–Kier alpha value is -13.1. The lowest BCUT2D eigenvalue weighted by Crippen LogP contribution is -1.99. The summed E-state index contributed by atoms with van der Waals surface area (Å²) in [6.45, 7) is 8.26. The summed E-state index contributed by atoms with van der Waals surface area (Å²) in [5.41, 5.74) is 21.7. The second-order valence-electron chi connectivity index (χ2n) is 24.0. The van der Waals surface area contributed by atoms with Gasteiger partial charge < -0.3 is 27.1 Å². The molecule has 6 heterocycles. The quantitative estimate of drug-likeness (QED) is 0.156. The molecule has 0 spiro atoms. The highest BCUT2D eigenvalue weighted by Gasteiger charge is 2.25. The monoisotopic (exact) mass is 1200 g/mol. The number of hydrogen-bond acceptors (Lipinski definition) is 3. The molecule has 0 fully saturated rings. The molecule has 0 aliphatic heterocycles. The maximum Gasteiger partial charge on any atom is 0.196 e. The van der Waals surface area contributed by atoms with Gasteiger partial charge in [-0.15, -0.1) is 0 Å². The number of nitrogens with zero attached hydrogens (tertiary/aromatic N) is 6. The summed E-state index contributed by atoms with van der Waals surface area (Å²) in [5.74, 6) is 0. The van der Waals surface area contributed by atoms with Crippen molar-refractivity contribution in [3.8, 4) is 51.1 Å². The van der Waals surface area contributed by atoms with Gasteiger partial charge in [-0.1, -0.05) is 182 Å². The molecule has 0 bridgehead atoms. The Bertz CT molecular complexity index is 6560. The van der Waals surface area contributed by atoms with Crippen molar-refractivity contribution in [2.75, 3.05) is 0 Å². The standard InChI is InChI=1S/2C43H25N3O/c1-44-34-18-11-22-38(41(34)27-12-10-13-28(26-27)45-35-19-6-2-14-29(35)30-15-3-7-20-36(30)45)46-37-21-8-4-17-33(37)42-39(46)25-24-32-31-16-5-9-23-40(31)47-43(32)42;44-26-27-20-21-38(46-37-18-7-3-14-32(37)42-39(46)22-23-41-43(42)33-15-4-8-19-40(33)47-41)34(24-27)28-10-9-11-29(25-28)45-35-16-5-1-12-30(35)31-13-2-6-17-36(31)45/h2-26H;1-25H. The molecule has 20 rings (SSSR count). The molecule has 0 atom stereocenters. The van der Waals surface area contributed by atoms with Crippen molar-refractivity contribution in [1.29, 1.82) is 5.26 Å². The Kier molecular flexibility index (Phi) is 11.6. The van der Waals surface area contributed by atoms with E-state index in [-0.39, 0.29) is 0 Å². The SMILES string of the molecule is N#Cc1ccc(-n2c3ccccc3c3c4c(ccc32)oc2ccccc24)c(-c2cccc(-n3c4ccccc4c4ccccc43)c2)c1.[C-]#[N+]c1cccc(-n2c3ccccc3c3c4oc5ccccc5c4ccc32)c1-c1cccc(-n2c3ccccc3c3ccccc32)c1. The zero-order valence-corrected chi connectivity index (χ0v) is 50.4. The van der Waals surface area contributed by atoms with Gasteiger partial charge in [-0.25, -0.2) is 4.85 Å². The van der Waals surface area contributed by atoms with E-state index in [1.165, 1.54) is 21.5 Å². The summed E-state index contributed by atoms with van der Waals surface area (Å²) in [4.78, 5) is 4.06. The first-order chi connectivity index (χ1) is 46.6. The zero-order valence-electron chi connectivity index (χ0n) is 50.4. The fourth-order valence-corrected chi connectivity index (χ4v) is 15.2. The van der Waals surface area contributed by atoms with E-state index >= 15 is 0 Å². The highest BCUT2D eigenvalue weighted by atomic mass is 16.3. The van der Waals surface area contributed by atoms with Crippen molar-refractivity contribution < 1.29 is 8.83 Å². The van der Waals surface area contributed by atoms with Crippen LogP contribution < -0.4 is 0 Å². The van der Waals surface area contributed by atoms with E-state index in [0.29, 0.717) is 11.3 Å². The molecule has 94 heavy (non-hydrogen) atoms. The maximum absolute atomic E-state index is 10.0. The van der Waals surface area contributed by atoms with Gasteiger partial charge in [-0.3, -0.25) is 0 Å². The highest BCUT2D eigenvalue weighted by molar-refractivity contribution is 6.28. The van der Waals surface area contributed by atoms with Crippen LogP contribution in [-0.2, 0) is 0 Å². The Balaban J connectivity index is 0.000000133. The van der Waals surface area contributed by atoms with Crippen LogP contribution >= 0.6 is 0 Å². The first-order valence-corrected chi connectivity index (χ1v) is 31.5. The number of nitriles is 1. The average Bonchev–Trinajstić information content (AvgIpc) is 1.57. The predicted octanol–water partition coefficient (Wildman–Crippen LogP) is 23.3. The molecule has 0 radical (unpaired) electrons. The molecule has 0 unspecified atom stereocenters. The Labute approximate surface area is 537 Å². The molecule has 0 amide bonds. The minimum absolute atomic E-state index is 0.609. The summed E-state index contributed by atoms with van der Waals surface area (Å²) in [6.07, 6.45) is 0. The molecule has 6 aromatic heterocycles. The third kappa shape index (κ3) is 7.78. The maximum atomic E-state index is 10.0. The van der Waals surface area contributed by atoms with E-state index in [2.05, 4.69) is 284 Å². The number of fused-ring (bicyclic) bond motifs is 20. The molecule has 0 aliphatic carbocycles. The number of para-hydroxylation sites is 8. The van der Waals surface area contributed by atoms with Gasteiger partial charge in [0.05, 0.1) is 73.4 Å². The van der Waals surface area contributed by atoms with E-state index in [1.807, 2.05) is 48.5 Å². The van der Waals surface area contributed by atoms with Gasteiger partial charge in [0.25, 0.3) is 0 Å². The van der Waals surface area contributed by atoms with E-state index in [1.54, 1.807) is 0 Å². The van der Waals surface area contributed by atoms with Crippen molar-refractivity contribution in [2.45, 2.75) is 0 Å². The molecule has 436 valence electrons. The van der Waals surface area contributed by atoms with Gasteiger partial charge in [-0.2, -0.15) is 5.26 Å². The molecule has 0 aliphatic rings. The minimum atomic E-state index is 0.609. The third-order valence-electron chi connectivity index (χ3n) is 19.1. The van der Waals surface area contributed by atoms with Gasteiger partial charge in [0.1, 0.15) is 22.3 Å². The van der Waals surface area contributed by atoms with Crippen LogP contribution in [-0.4, -0.2) is 18.3 Å². The van der Waals surface area contributed by atoms with Crippen LogP contribution in [0.25, 0.3) is 181 Å². The van der Waals surface area contributed by atoms with Crippen LogP contribution in [0.2, 0.25) is 0 Å². The molecular weight excluding hydrogens is 1150 g/mol. The second-order valence-corrected chi connectivity index (χ2v) is 24.0. The van der Waals surface area contributed by atoms with Gasteiger partial charge in [0.15, 0.2) is 5.69 Å². The van der Waals surface area contributed by atoms with Crippen molar-refractivity contribution in [2.24, 2.45) is 0 Å². The molecule has 0 N–H and O–H groups in total. The number of benzene rings is 14. The lowest BCUT2D eigenvalue weighted by atomic mass is 10.00. The van der Waals surface area contributed by atoms with Crippen LogP contribution in [0, 0.1) is 17.9 Å². The Morgan fingerprint density at radius 1 is 0.309 bits per heavy atom. The fourth-order valence-electron chi connectivity index (χ4n) is 15.2. The lowest BCUT2D eigenvalue weighted by molar-refractivity contribution is 0.669. The second kappa shape index (κ2) is 20.7. The van der Waals surface area contributed by atoms with Crippen molar-refractivity contribution in [3.05, 3.63) is 320 Å². The highest BCUT2D eigenvalue weighted by Crippen LogP contribution is 2.47. The van der Waals surface area contributed by atoms with E-state index in [4.69, 9.17) is 15.4 Å². The summed E-state index contributed by atoms with van der Waals surface area (Å²) < 4.78 is 22.2. The van der Waals surface area contributed by atoms with Crippen LogP contribution in [0.15, 0.2) is 312 Å². The summed E-state index contributed by atoms with van der Waals surface area (Å²) in [5, 5.41) is 23.9. The van der Waals surface area contributed by atoms with E-state index in [9.17, 15) is 5.26 Å². The van der Waals surface area contributed by atoms with Crippen LogP contribution in [0.4, 0.5) is 5.69 Å². The molecule has 8 heteroatoms. The Morgan fingerprint density at radius 3 is 1.37 bits per heavy atom. The number of rotatable bonds is 6. The summed E-state index contributed by atoms with van der Waals surface area (Å²) in [7, 11) is 0. The summed E-state index contributed by atoms with van der Waals surface area (Å²) in [6, 6.07) is 108. The van der Waals surface area contributed by atoms with Gasteiger partial charge in [0.2, 0.25) is 0 Å². The minimum Gasteiger partial charge on any atom is -0.456 e. The average molecular weight is 1200 g/mol. The van der Waals surface area contributed by atoms with Crippen molar-refractivity contribution in [3.63, 3.8) is 0 Å². The van der Waals surface area contributed by atoms with Crippen LogP contribution in [0.1, 0.15) is 5.56 Å². The van der Waals surface area contributed by atoms with E-state index in [0.717, 1.165) is 155 Å². The topological polar surface area (TPSA) is 74.2 Å². The summed E-state index contributed by atoms with van der Waals surface area (Å²) >= 11 is 0. The first-order valence-electron chi connectivity index (χ1n) is 31.5. The van der Waals surface area contributed by atoms with Gasteiger partial charge >= 0.3 is 0 Å². The molecule has 14 aromatic carbocycles. The first kappa shape index (κ1) is 52.8. The number of furan rings is 2. The molecule has 0 saturated heterocycles. The predicted molar refractivity (Wildman–Crippen MR) is 387 cm³/mol. The zero-order chi connectivity index (χ0) is 62.1. The number of hydrogen-bond donors (Lipinski definition) is 0. The normalized spacial score (nSPS) is 11.8. The van der Waals surface area contributed by atoms with Gasteiger partial charge in [0, 0.05) is 87.4 Å². The lowest BCUT2D eigenvalue weighted by Gasteiger charge is -2.17. The van der Waals surface area contributed by atoms with Gasteiger partial charge in [-0.05, 0) is 132 Å². The van der Waals surface area contributed by atoms with Crippen molar-refractivity contribution >= 4 is 137 Å². The molecule has 0 saturated carbocycles. The largest absolute Gasteiger partial charge is 0.456 e. The number of aromatic nitrogens is 4. The van der Waals surface area contributed by atoms with Crippen LogP contribution in [0.3, 0.4) is 0 Å². The smallest absolute Gasteiger partial charge is 0.196 e. The van der Waals surface area contributed by atoms with Crippen LogP contribution in [0.5, 0.6) is 0 Å².